The monoisotopic (exact) mass is 478 g/mol. The second kappa shape index (κ2) is 6.97. The fraction of sp³-hybridized carbons (Fsp3) is 0.448. The second-order valence-corrected chi connectivity index (χ2v) is 11.9. The van der Waals surface area contributed by atoms with Crippen LogP contribution in [0.25, 0.3) is 22.0 Å². The number of anilines is 1. The number of nitrogens with zero attached hydrogens (tertiary/aromatic N) is 5. The third-order valence-corrected chi connectivity index (χ3v) is 9.54. The number of H-pyrrole nitrogens is 1. The molecule has 7 nitrogen and oxygen atoms in total. The van der Waals surface area contributed by atoms with E-state index in [9.17, 15) is 10.1 Å². The van der Waals surface area contributed by atoms with Crippen molar-refractivity contribution in [3.05, 3.63) is 53.4 Å². The summed E-state index contributed by atoms with van der Waals surface area (Å²) < 4.78 is 0. The van der Waals surface area contributed by atoms with Gasteiger partial charge in [-0.1, -0.05) is 26.5 Å². The molecule has 4 aliphatic rings. The van der Waals surface area contributed by atoms with Crippen LogP contribution in [0.15, 0.2) is 31.0 Å². The standard InChI is InChI=1S/C29H30N6O/c1-5-22(36)35-14-29(15-35)8-9-34(13-29)27-17(11-30)24(23-16(2)6-7-20-18(23)12-31-33-20)25-21(32-27)10-19-26(25)28(19,3)4/h5-7,12,19,26H,1,8-10,13-15H2,2-4H3,(H,31,33)/t19-,26+/m1/s1. The van der Waals surface area contributed by atoms with Crippen molar-refractivity contribution in [3.63, 3.8) is 0 Å². The van der Waals surface area contributed by atoms with E-state index < -0.39 is 0 Å². The molecule has 1 amide bonds. The lowest BCUT2D eigenvalue weighted by Crippen LogP contribution is -2.59. The van der Waals surface area contributed by atoms with Gasteiger partial charge in [-0.3, -0.25) is 9.89 Å². The maximum absolute atomic E-state index is 12.1. The van der Waals surface area contributed by atoms with Gasteiger partial charge >= 0.3 is 0 Å². The molecule has 2 saturated heterocycles. The molecule has 182 valence electrons. The number of rotatable bonds is 3. The molecule has 2 aromatic heterocycles. The van der Waals surface area contributed by atoms with Crippen molar-refractivity contribution < 1.29 is 4.79 Å². The van der Waals surface area contributed by atoms with Gasteiger partial charge in [0.2, 0.25) is 5.91 Å². The van der Waals surface area contributed by atoms with Crippen molar-refractivity contribution in [2.24, 2.45) is 16.7 Å². The van der Waals surface area contributed by atoms with Crippen molar-refractivity contribution in [1.82, 2.24) is 20.1 Å². The highest BCUT2D eigenvalue weighted by Crippen LogP contribution is 2.71. The summed E-state index contributed by atoms with van der Waals surface area (Å²) in [5.41, 5.74) is 7.75. The average Bonchev–Trinajstić information content (AvgIpc) is 3.38. The van der Waals surface area contributed by atoms with Crippen molar-refractivity contribution in [2.45, 2.75) is 39.5 Å². The minimum atomic E-state index is 0.000234. The zero-order valence-electron chi connectivity index (χ0n) is 21.1. The Labute approximate surface area is 210 Å². The number of amides is 1. The number of aromatic amines is 1. The third-order valence-electron chi connectivity index (χ3n) is 9.54. The predicted molar refractivity (Wildman–Crippen MR) is 139 cm³/mol. The molecular weight excluding hydrogens is 448 g/mol. The van der Waals surface area contributed by atoms with Gasteiger partial charge in [0, 0.05) is 48.2 Å². The largest absolute Gasteiger partial charge is 0.355 e. The van der Waals surface area contributed by atoms with Gasteiger partial charge in [-0.2, -0.15) is 10.4 Å². The molecule has 2 aliphatic carbocycles. The number of fused-ring (bicyclic) bond motifs is 4. The van der Waals surface area contributed by atoms with E-state index in [-0.39, 0.29) is 16.7 Å². The Hall–Kier alpha value is -3.66. The van der Waals surface area contributed by atoms with Gasteiger partial charge in [-0.05, 0) is 65.8 Å². The lowest BCUT2D eigenvalue weighted by Gasteiger charge is -2.47. The quantitative estimate of drug-likeness (QED) is 0.566. The lowest BCUT2D eigenvalue weighted by atomic mass is 9.79. The van der Waals surface area contributed by atoms with Gasteiger partial charge < -0.3 is 9.80 Å². The molecule has 3 aromatic rings. The zero-order chi connectivity index (χ0) is 25.0. The SMILES string of the molecule is C=CC(=O)N1CC2(CCN(c3nc4c(c(-c5c(C)ccc6[nH]ncc56)c3C#N)[C@@H]3[C@@H](C4)C3(C)C)C2)C1. The number of hydrogen-bond donors (Lipinski definition) is 1. The smallest absolute Gasteiger partial charge is 0.245 e. The van der Waals surface area contributed by atoms with E-state index in [2.05, 4.69) is 60.6 Å². The summed E-state index contributed by atoms with van der Waals surface area (Å²) in [6.45, 7) is 13.6. The molecule has 1 saturated carbocycles. The molecule has 4 heterocycles. The Kier molecular flexibility index (Phi) is 4.18. The van der Waals surface area contributed by atoms with E-state index in [1.807, 2.05) is 11.1 Å². The number of aromatic nitrogens is 3. The Morgan fingerprint density at radius 1 is 1.28 bits per heavy atom. The molecule has 1 spiro atoms. The first kappa shape index (κ1) is 21.6. The van der Waals surface area contributed by atoms with Gasteiger partial charge in [-0.25, -0.2) is 4.98 Å². The minimum absolute atomic E-state index is 0.000234. The summed E-state index contributed by atoms with van der Waals surface area (Å²) in [6.07, 6.45) is 5.26. The minimum Gasteiger partial charge on any atom is -0.355 e. The van der Waals surface area contributed by atoms with Crippen molar-refractivity contribution in [3.8, 4) is 17.2 Å². The van der Waals surface area contributed by atoms with E-state index in [0.717, 1.165) is 78.1 Å². The van der Waals surface area contributed by atoms with Gasteiger partial charge in [0.15, 0.2) is 0 Å². The normalized spacial score (nSPS) is 24.4. The highest BCUT2D eigenvalue weighted by atomic mass is 16.2. The maximum atomic E-state index is 12.1. The predicted octanol–water partition coefficient (Wildman–Crippen LogP) is 4.33. The Morgan fingerprint density at radius 2 is 2.08 bits per heavy atom. The van der Waals surface area contributed by atoms with E-state index in [1.165, 1.54) is 11.6 Å². The maximum Gasteiger partial charge on any atom is 0.245 e. The highest BCUT2D eigenvalue weighted by molar-refractivity contribution is 6.00. The van der Waals surface area contributed by atoms with Crippen LogP contribution in [0.4, 0.5) is 5.82 Å². The second-order valence-electron chi connectivity index (χ2n) is 11.9. The first-order valence-electron chi connectivity index (χ1n) is 12.8. The third kappa shape index (κ3) is 2.70. The average molecular weight is 479 g/mol. The van der Waals surface area contributed by atoms with E-state index in [0.29, 0.717) is 17.4 Å². The summed E-state index contributed by atoms with van der Waals surface area (Å²) in [7, 11) is 0. The molecule has 1 N–H and O–H groups in total. The summed E-state index contributed by atoms with van der Waals surface area (Å²) in [5, 5.41) is 19.1. The molecule has 36 heavy (non-hydrogen) atoms. The number of hydrogen-bond acceptors (Lipinski definition) is 5. The molecular formula is C29H30N6O. The van der Waals surface area contributed by atoms with Crippen LogP contribution < -0.4 is 4.90 Å². The highest BCUT2D eigenvalue weighted by Gasteiger charge is 2.64. The van der Waals surface area contributed by atoms with Crippen molar-refractivity contribution in [1.29, 1.82) is 5.26 Å². The van der Waals surface area contributed by atoms with Crippen molar-refractivity contribution in [2.75, 3.05) is 31.1 Å². The molecule has 0 radical (unpaired) electrons. The Bertz CT molecular complexity index is 1520. The van der Waals surface area contributed by atoms with Gasteiger partial charge in [0.25, 0.3) is 0 Å². The number of likely N-dealkylation sites (tertiary alicyclic amines) is 1. The topological polar surface area (TPSA) is 88.9 Å². The van der Waals surface area contributed by atoms with Crippen LogP contribution in [0.3, 0.4) is 0 Å². The number of pyridine rings is 1. The van der Waals surface area contributed by atoms with Crippen LogP contribution in [0.1, 0.15) is 48.6 Å². The molecule has 2 atom stereocenters. The molecule has 2 aliphatic heterocycles. The van der Waals surface area contributed by atoms with Gasteiger partial charge in [0.1, 0.15) is 17.5 Å². The van der Waals surface area contributed by atoms with Crippen LogP contribution in [0.2, 0.25) is 0 Å². The summed E-state index contributed by atoms with van der Waals surface area (Å²) in [5.74, 6) is 1.84. The molecule has 3 fully saturated rings. The fourth-order valence-electron chi connectivity index (χ4n) is 7.51. The van der Waals surface area contributed by atoms with Crippen LogP contribution in [0.5, 0.6) is 0 Å². The molecule has 0 bridgehead atoms. The van der Waals surface area contributed by atoms with Crippen LogP contribution in [-0.2, 0) is 11.2 Å². The van der Waals surface area contributed by atoms with Crippen molar-refractivity contribution >= 4 is 22.6 Å². The summed E-state index contributed by atoms with van der Waals surface area (Å²) in [6, 6.07) is 6.80. The number of carbonyl (C=O) groups is 1. The Balaban J connectivity index is 1.38. The lowest BCUT2D eigenvalue weighted by molar-refractivity contribution is -0.136. The number of nitrogens with one attached hydrogen (secondary N) is 1. The summed E-state index contributed by atoms with van der Waals surface area (Å²) >= 11 is 0. The van der Waals surface area contributed by atoms with E-state index in [1.54, 1.807) is 0 Å². The molecule has 0 unspecified atom stereocenters. The van der Waals surface area contributed by atoms with E-state index >= 15 is 0 Å². The number of nitriles is 1. The van der Waals surface area contributed by atoms with Crippen LogP contribution >= 0.6 is 0 Å². The van der Waals surface area contributed by atoms with Crippen LogP contribution in [-0.4, -0.2) is 52.2 Å². The van der Waals surface area contributed by atoms with Gasteiger partial charge in [0.05, 0.1) is 11.7 Å². The van der Waals surface area contributed by atoms with Crippen LogP contribution in [0, 0.1) is 35.0 Å². The number of aryl methyl sites for hydroxylation is 1. The molecule has 7 heteroatoms. The fourth-order valence-corrected chi connectivity index (χ4v) is 7.51. The molecule has 1 aromatic carbocycles. The number of benzene rings is 1. The number of carbonyl (C=O) groups excluding carboxylic acids is 1. The first-order valence-corrected chi connectivity index (χ1v) is 12.8. The Morgan fingerprint density at radius 3 is 2.83 bits per heavy atom. The first-order chi connectivity index (χ1) is 17.3. The van der Waals surface area contributed by atoms with E-state index in [4.69, 9.17) is 4.98 Å². The molecule has 7 rings (SSSR count). The summed E-state index contributed by atoms with van der Waals surface area (Å²) in [4.78, 5) is 21.4. The zero-order valence-corrected chi connectivity index (χ0v) is 21.1. The van der Waals surface area contributed by atoms with Gasteiger partial charge in [-0.15, -0.1) is 0 Å².